The van der Waals surface area contributed by atoms with E-state index in [0.717, 1.165) is 46.1 Å². The lowest BCUT2D eigenvalue weighted by Gasteiger charge is -2.31. The minimum atomic E-state index is -0.391. The van der Waals surface area contributed by atoms with E-state index < -0.39 is 6.03 Å². The number of piperidine rings is 1. The summed E-state index contributed by atoms with van der Waals surface area (Å²) in [5.74, 6) is 2.09. The van der Waals surface area contributed by atoms with Gasteiger partial charge in [0.2, 0.25) is 0 Å². The Bertz CT molecular complexity index is 2300. The average molecular weight is 740 g/mol. The number of nitrogens with one attached hydrogen (secondary N) is 3. The van der Waals surface area contributed by atoms with Gasteiger partial charge < -0.3 is 25.0 Å². The number of methoxy groups -OCH3 is 1. The van der Waals surface area contributed by atoms with Crippen molar-refractivity contribution in [3.8, 4) is 11.4 Å². The Morgan fingerprint density at radius 2 is 1.69 bits per heavy atom. The number of urea groups is 1. The molecule has 0 bridgehead atoms. The van der Waals surface area contributed by atoms with Gasteiger partial charge >= 0.3 is 6.03 Å². The summed E-state index contributed by atoms with van der Waals surface area (Å²) in [4.78, 5) is 41.4. The molecule has 3 amide bonds. The number of carbonyl (C=O) groups is 2. The Labute approximate surface area is 320 Å². The highest BCUT2D eigenvalue weighted by molar-refractivity contribution is 6.07. The Balaban J connectivity index is 1.01. The Hall–Kier alpha value is -6.34. The maximum absolute atomic E-state index is 13.5. The second-order valence-corrected chi connectivity index (χ2v) is 14.6. The second kappa shape index (κ2) is 15.9. The highest BCUT2D eigenvalue weighted by Gasteiger charge is 2.25. The second-order valence-electron chi connectivity index (χ2n) is 14.6. The number of hydrogen-bond donors (Lipinski definition) is 3. The lowest BCUT2D eigenvalue weighted by molar-refractivity contribution is 0.0265. The van der Waals surface area contributed by atoms with Crippen LogP contribution < -0.4 is 20.7 Å². The summed E-state index contributed by atoms with van der Waals surface area (Å²) >= 11 is 0. The predicted octanol–water partition coefficient (Wildman–Crippen LogP) is 8.03. The third-order valence-electron chi connectivity index (χ3n) is 9.47. The molecule has 282 valence electrons. The SMILES string of the molecule is COC1CCCN(C(=O)c2cnc(Nc3cc(COc4ccc(NC(=O)Nc5cc(C(C)(C)C)nn5-c5ccc(C)cc5)c5ccccc45)ccn3)cn2)C1. The molecule has 0 radical (unpaired) electrons. The number of benzene rings is 3. The molecule has 1 unspecified atom stereocenters. The lowest BCUT2D eigenvalue weighted by atomic mass is 9.92. The van der Waals surface area contributed by atoms with Gasteiger partial charge in [-0.3, -0.25) is 10.1 Å². The van der Waals surface area contributed by atoms with E-state index in [1.54, 1.807) is 22.9 Å². The summed E-state index contributed by atoms with van der Waals surface area (Å²) < 4.78 is 13.5. The molecule has 1 fully saturated rings. The van der Waals surface area contributed by atoms with Crippen LogP contribution in [0, 0.1) is 6.92 Å². The van der Waals surface area contributed by atoms with Crippen molar-refractivity contribution in [2.75, 3.05) is 36.1 Å². The normalized spacial score (nSPS) is 14.4. The third kappa shape index (κ3) is 8.73. The van der Waals surface area contributed by atoms with E-state index in [9.17, 15) is 9.59 Å². The molecule has 0 saturated carbocycles. The first-order chi connectivity index (χ1) is 26.5. The van der Waals surface area contributed by atoms with Gasteiger partial charge in [-0.25, -0.2) is 24.4 Å². The molecular formula is C42H45N9O4. The van der Waals surface area contributed by atoms with Crippen LogP contribution in [-0.4, -0.2) is 67.9 Å². The van der Waals surface area contributed by atoms with Gasteiger partial charge in [0.05, 0.1) is 35.6 Å². The fourth-order valence-corrected chi connectivity index (χ4v) is 6.40. The molecule has 0 aliphatic carbocycles. The van der Waals surface area contributed by atoms with Crippen LogP contribution in [0.3, 0.4) is 0 Å². The molecule has 4 heterocycles. The number of aromatic nitrogens is 5. The summed E-state index contributed by atoms with van der Waals surface area (Å²) in [6.45, 7) is 9.80. The van der Waals surface area contributed by atoms with Crippen LogP contribution in [0.5, 0.6) is 5.75 Å². The van der Waals surface area contributed by atoms with Crippen LogP contribution >= 0.6 is 0 Å². The van der Waals surface area contributed by atoms with Crippen molar-refractivity contribution < 1.29 is 19.1 Å². The Morgan fingerprint density at radius 3 is 2.44 bits per heavy atom. The third-order valence-corrected chi connectivity index (χ3v) is 9.47. The zero-order chi connectivity index (χ0) is 38.5. The minimum Gasteiger partial charge on any atom is -0.488 e. The van der Waals surface area contributed by atoms with E-state index >= 15 is 0 Å². The maximum atomic E-state index is 13.5. The quantitative estimate of drug-likeness (QED) is 0.127. The zero-order valence-electron chi connectivity index (χ0n) is 31.7. The number of aryl methyl sites for hydroxylation is 1. The summed E-state index contributed by atoms with van der Waals surface area (Å²) in [6, 6.07) is 24.7. The molecule has 13 heteroatoms. The molecule has 1 atom stereocenters. The molecule has 7 rings (SSSR count). The van der Waals surface area contributed by atoms with Crippen molar-refractivity contribution in [1.29, 1.82) is 0 Å². The van der Waals surface area contributed by atoms with E-state index in [1.165, 1.54) is 12.4 Å². The fraction of sp³-hybridized carbons (Fsp3) is 0.286. The number of fused-ring (bicyclic) bond motifs is 1. The van der Waals surface area contributed by atoms with Gasteiger partial charge in [0.15, 0.2) is 0 Å². The van der Waals surface area contributed by atoms with Crippen molar-refractivity contribution in [3.63, 3.8) is 0 Å². The van der Waals surface area contributed by atoms with Gasteiger partial charge in [-0.2, -0.15) is 5.10 Å². The van der Waals surface area contributed by atoms with E-state index in [-0.39, 0.29) is 29.7 Å². The molecular weight excluding hydrogens is 695 g/mol. The topological polar surface area (TPSA) is 148 Å². The molecule has 0 spiro atoms. The average Bonchev–Trinajstić information content (AvgIpc) is 3.62. The number of hydrogen-bond acceptors (Lipinski definition) is 9. The van der Waals surface area contributed by atoms with Crippen LogP contribution in [0.1, 0.15) is 60.9 Å². The molecule has 3 aromatic carbocycles. The van der Waals surface area contributed by atoms with Gasteiger partial charge in [-0.1, -0.05) is 62.7 Å². The largest absolute Gasteiger partial charge is 0.488 e. The number of likely N-dealkylation sites (tertiary alicyclic amines) is 1. The molecule has 55 heavy (non-hydrogen) atoms. The molecule has 3 aromatic heterocycles. The molecule has 13 nitrogen and oxygen atoms in total. The lowest BCUT2D eigenvalue weighted by Crippen LogP contribution is -2.43. The van der Waals surface area contributed by atoms with Crippen LogP contribution in [-0.2, 0) is 16.8 Å². The smallest absolute Gasteiger partial charge is 0.324 e. The number of nitrogens with zero attached hydrogens (tertiary/aromatic N) is 6. The number of anilines is 4. The van der Waals surface area contributed by atoms with Crippen LogP contribution in [0.4, 0.5) is 27.9 Å². The highest BCUT2D eigenvalue weighted by Crippen LogP contribution is 2.33. The van der Waals surface area contributed by atoms with Gasteiger partial charge in [-0.05, 0) is 61.7 Å². The molecule has 1 aliphatic rings. The summed E-state index contributed by atoms with van der Waals surface area (Å²) in [5.41, 5.74) is 4.43. The summed E-state index contributed by atoms with van der Waals surface area (Å²) in [5, 5.41) is 15.7. The first-order valence-corrected chi connectivity index (χ1v) is 18.3. The van der Waals surface area contributed by atoms with Gasteiger partial charge in [0, 0.05) is 48.6 Å². The Morgan fingerprint density at radius 1 is 0.891 bits per heavy atom. The number of carbonyl (C=O) groups excluding carboxylic acids is 2. The zero-order valence-corrected chi connectivity index (χ0v) is 31.7. The van der Waals surface area contributed by atoms with Crippen molar-refractivity contribution in [3.05, 3.63) is 120 Å². The van der Waals surface area contributed by atoms with Crippen molar-refractivity contribution >= 4 is 45.9 Å². The number of ether oxygens (including phenoxy) is 2. The van der Waals surface area contributed by atoms with E-state index in [1.807, 2.05) is 85.8 Å². The molecule has 1 saturated heterocycles. The fourth-order valence-electron chi connectivity index (χ4n) is 6.40. The number of amides is 3. The molecule has 1 aliphatic heterocycles. The first-order valence-electron chi connectivity index (χ1n) is 18.3. The minimum absolute atomic E-state index is 0.0396. The number of rotatable bonds is 10. The first kappa shape index (κ1) is 37.0. The predicted molar refractivity (Wildman–Crippen MR) is 213 cm³/mol. The summed E-state index contributed by atoms with van der Waals surface area (Å²) in [7, 11) is 1.67. The van der Waals surface area contributed by atoms with Crippen LogP contribution in [0.25, 0.3) is 16.5 Å². The van der Waals surface area contributed by atoms with Gasteiger partial charge in [0.25, 0.3) is 5.91 Å². The highest BCUT2D eigenvalue weighted by atomic mass is 16.5. The maximum Gasteiger partial charge on any atom is 0.324 e. The van der Waals surface area contributed by atoms with E-state index in [4.69, 9.17) is 14.6 Å². The molecule has 6 aromatic rings. The standard InChI is InChI=1S/C42H45N9O4/c1-27-12-14-29(15-13-27)51-39(22-36(49-51)42(2,3)4)48-41(53)46-33-16-17-35(32-11-7-6-10-31(32)33)55-26-28-18-19-43-37(21-28)47-38-24-44-34(23-45-38)40(52)50-20-8-9-30(25-50)54-5/h6-7,10-19,21-24,30H,8-9,20,25-26H2,1-5H3,(H,43,45,47)(H2,46,48,53). The van der Waals surface area contributed by atoms with Crippen molar-refractivity contribution in [2.24, 2.45) is 0 Å². The number of pyridine rings is 1. The van der Waals surface area contributed by atoms with Crippen LogP contribution in [0.15, 0.2) is 97.5 Å². The summed E-state index contributed by atoms with van der Waals surface area (Å²) in [6.07, 6.45) is 6.56. The van der Waals surface area contributed by atoms with Crippen molar-refractivity contribution in [2.45, 2.75) is 58.7 Å². The van der Waals surface area contributed by atoms with Crippen LogP contribution in [0.2, 0.25) is 0 Å². The molecule has 3 N–H and O–H groups in total. The van der Waals surface area contributed by atoms with Gasteiger partial charge in [-0.15, -0.1) is 0 Å². The van der Waals surface area contributed by atoms with E-state index in [0.29, 0.717) is 42.0 Å². The monoisotopic (exact) mass is 739 g/mol. The van der Waals surface area contributed by atoms with E-state index in [2.05, 4.69) is 51.7 Å². The Kier molecular flexibility index (Phi) is 10.7. The van der Waals surface area contributed by atoms with Gasteiger partial charge in [0.1, 0.15) is 35.5 Å². The van der Waals surface area contributed by atoms with Crippen molar-refractivity contribution in [1.82, 2.24) is 29.6 Å².